The predicted molar refractivity (Wildman–Crippen MR) is 104 cm³/mol. The molecule has 0 unspecified atom stereocenters. The van der Waals surface area contributed by atoms with Gasteiger partial charge in [0.25, 0.3) is 5.69 Å². The topological polar surface area (TPSA) is 80.0 Å². The number of hydrogen-bond acceptors (Lipinski definition) is 4. The number of unbranched alkanes of at least 4 members (excludes halogenated alkanes) is 1. The number of benzene rings is 1. The third-order valence-electron chi connectivity index (χ3n) is 4.52. The molecular formula is C19H30N4O3. The summed E-state index contributed by atoms with van der Waals surface area (Å²) in [6, 6.07) is 6.80. The average molecular weight is 362 g/mol. The second-order valence-corrected chi connectivity index (χ2v) is 6.79. The molecule has 0 atom stereocenters. The molecule has 1 N–H and O–H groups in total. The minimum absolute atomic E-state index is 0.142. The van der Waals surface area contributed by atoms with Crippen LogP contribution < -0.4 is 5.32 Å². The maximum absolute atomic E-state index is 10.6. The van der Waals surface area contributed by atoms with Crippen LogP contribution in [0.25, 0.3) is 0 Å². The van der Waals surface area contributed by atoms with Gasteiger partial charge in [-0.05, 0) is 43.6 Å². The average Bonchev–Trinajstić information content (AvgIpc) is 3.46. The fraction of sp³-hybridized carbons (Fsp3) is 0.632. The number of aliphatic imine (C=N–C) groups is 1. The van der Waals surface area contributed by atoms with Gasteiger partial charge in [0.1, 0.15) is 0 Å². The molecular weight excluding hydrogens is 332 g/mol. The Morgan fingerprint density at radius 3 is 2.69 bits per heavy atom. The Bertz CT molecular complexity index is 585. The maximum atomic E-state index is 10.6. The maximum Gasteiger partial charge on any atom is 0.269 e. The third kappa shape index (κ3) is 7.39. The van der Waals surface area contributed by atoms with Crippen molar-refractivity contribution >= 4 is 11.6 Å². The number of hydrogen-bond donors (Lipinski definition) is 1. The molecule has 1 fully saturated rings. The Morgan fingerprint density at radius 1 is 1.35 bits per heavy atom. The van der Waals surface area contributed by atoms with Crippen LogP contribution in [0.1, 0.15) is 31.2 Å². The highest BCUT2D eigenvalue weighted by Crippen LogP contribution is 2.28. The SMILES string of the molecule is CN=C(NCCCCc1ccc([N+](=O)[O-])cc1)N(C)CCOCC1CC1. The summed E-state index contributed by atoms with van der Waals surface area (Å²) in [4.78, 5) is 16.7. The van der Waals surface area contributed by atoms with E-state index in [1.165, 1.54) is 12.8 Å². The van der Waals surface area contributed by atoms with E-state index in [9.17, 15) is 10.1 Å². The van der Waals surface area contributed by atoms with Crippen molar-refractivity contribution in [3.63, 3.8) is 0 Å². The van der Waals surface area contributed by atoms with Crippen molar-refractivity contribution in [3.05, 3.63) is 39.9 Å². The van der Waals surface area contributed by atoms with Crippen LogP contribution in [-0.4, -0.2) is 56.2 Å². The number of guanidine groups is 1. The van der Waals surface area contributed by atoms with E-state index in [4.69, 9.17) is 4.74 Å². The third-order valence-corrected chi connectivity index (χ3v) is 4.52. The van der Waals surface area contributed by atoms with Crippen molar-refractivity contribution in [1.29, 1.82) is 0 Å². The summed E-state index contributed by atoms with van der Waals surface area (Å²) in [7, 11) is 3.81. The van der Waals surface area contributed by atoms with Crippen LogP contribution in [0.2, 0.25) is 0 Å². The molecule has 0 radical (unpaired) electrons. The second kappa shape index (κ2) is 10.8. The summed E-state index contributed by atoms with van der Waals surface area (Å²) in [5, 5.41) is 14.0. The molecule has 7 heteroatoms. The zero-order chi connectivity index (χ0) is 18.8. The zero-order valence-electron chi connectivity index (χ0n) is 15.8. The molecule has 0 aromatic heterocycles. The van der Waals surface area contributed by atoms with Gasteiger partial charge in [-0.25, -0.2) is 0 Å². The van der Waals surface area contributed by atoms with Gasteiger partial charge in [-0.2, -0.15) is 0 Å². The van der Waals surface area contributed by atoms with E-state index < -0.39 is 0 Å². The molecule has 0 amide bonds. The lowest BCUT2D eigenvalue weighted by Gasteiger charge is -2.22. The monoisotopic (exact) mass is 362 g/mol. The lowest BCUT2D eigenvalue weighted by Crippen LogP contribution is -2.41. The fourth-order valence-corrected chi connectivity index (χ4v) is 2.67. The lowest BCUT2D eigenvalue weighted by molar-refractivity contribution is -0.384. The predicted octanol–water partition coefficient (Wildman–Crippen LogP) is 2.85. The molecule has 1 aromatic carbocycles. The number of ether oxygens (including phenoxy) is 1. The Labute approximate surface area is 155 Å². The number of nitrogens with one attached hydrogen (secondary N) is 1. The molecule has 144 valence electrons. The van der Waals surface area contributed by atoms with Gasteiger partial charge in [0.2, 0.25) is 0 Å². The quantitative estimate of drug-likeness (QED) is 0.215. The summed E-state index contributed by atoms with van der Waals surface area (Å²) < 4.78 is 5.67. The number of non-ortho nitro benzene ring substituents is 1. The van der Waals surface area contributed by atoms with E-state index in [1.807, 2.05) is 19.2 Å². The number of nitro benzene ring substituents is 1. The molecule has 1 aromatic rings. The van der Waals surface area contributed by atoms with Gasteiger partial charge in [-0.15, -0.1) is 0 Å². The molecule has 0 aliphatic heterocycles. The molecule has 1 aliphatic carbocycles. The summed E-state index contributed by atoms with van der Waals surface area (Å²) in [6.45, 7) is 3.30. The molecule has 1 aliphatic rings. The zero-order valence-corrected chi connectivity index (χ0v) is 15.8. The normalized spacial score (nSPS) is 14.3. The molecule has 0 spiro atoms. The molecule has 0 bridgehead atoms. The fourth-order valence-electron chi connectivity index (χ4n) is 2.67. The minimum atomic E-state index is -0.368. The lowest BCUT2D eigenvalue weighted by atomic mass is 10.1. The standard InChI is InChI=1S/C19H30N4O3/c1-20-19(22(2)13-14-26-15-17-6-7-17)21-12-4-3-5-16-8-10-18(11-9-16)23(24)25/h8-11,17H,3-7,12-15H2,1-2H3,(H,20,21). The number of rotatable bonds is 11. The first-order chi connectivity index (χ1) is 12.6. The number of aryl methyl sites for hydroxylation is 1. The van der Waals surface area contributed by atoms with Crippen LogP contribution >= 0.6 is 0 Å². The highest BCUT2D eigenvalue weighted by atomic mass is 16.6. The van der Waals surface area contributed by atoms with E-state index >= 15 is 0 Å². The first-order valence-corrected chi connectivity index (χ1v) is 9.33. The van der Waals surface area contributed by atoms with Crippen LogP contribution in [-0.2, 0) is 11.2 Å². The molecule has 26 heavy (non-hydrogen) atoms. The van der Waals surface area contributed by atoms with E-state index in [1.54, 1.807) is 19.2 Å². The summed E-state index contributed by atoms with van der Waals surface area (Å²) in [5.74, 6) is 1.68. The molecule has 1 saturated carbocycles. The van der Waals surface area contributed by atoms with Gasteiger partial charge >= 0.3 is 0 Å². The van der Waals surface area contributed by atoms with Gasteiger partial charge in [-0.1, -0.05) is 12.1 Å². The Balaban J connectivity index is 1.56. The van der Waals surface area contributed by atoms with Crippen LogP contribution in [0.3, 0.4) is 0 Å². The van der Waals surface area contributed by atoms with Crippen molar-refractivity contribution in [1.82, 2.24) is 10.2 Å². The van der Waals surface area contributed by atoms with Crippen LogP contribution in [0, 0.1) is 16.0 Å². The molecule has 2 rings (SSSR count). The second-order valence-electron chi connectivity index (χ2n) is 6.79. The first kappa shape index (κ1) is 20.2. The summed E-state index contributed by atoms with van der Waals surface area (Å²) >= 11 is 0. The van der Waals surface area contributed by atoms with Gasteiger partial charge < -0.3 is 15.0 Å². The molecule has 0 saturated heterocycles. The van der Waals surface area contributed by atoms with Crippen molar-refractivity contribution in [2.24, 2.45) is 10.9 Å². The Hall–Kier alpha value is -2.15. The van der Waals surface area contributed by atoms with E-state index in [0.717, 1.165) is 63.0 Å². The summed E-state index contributed by atoms with van der Waals surface area (Å²) in [6.07, 6.45) is 5.60. The van der Waals surface area contributed by atoms with Crippen molar-refractivity contribution in [3.8, 4) is 0 Å². The number of nitro groups is 1. The molecule has 7 nitrogen and oxygen atoms in total. The molecule has 0 heterocycles. The van der Waals surface area contributed by atoms with E-state index in [2.05, 4.69) is 15.2 Å². The van der Waals surface area contributed by atoms with Crippen molar-refractivity contribution in [2.75, 3.05) is 40.4 Å². The smallest absolute Gasteiger partial charge is 0.269 e. The summed E-state index contributed by atoms with van der Waals surface area (Å²) in [5.41, 5.74) is 1.27. The van der Waals surface area contributed by atoms with Gasteiger partial charge in [-0.3, -0.25) is 15.1 Å². The number of likely N-dealkylation sites (N-methyl/N-ethyl adjacent to an activating group) is 1. The van der Waals surface area contributed by atoms with Crippen LogP contribution in [0.5, 0.6) is 0 Å². The van der Waals surface area contributed by atoms with Crippen LogP contribution in [0.4, 0.5) is 5.69 Å². The Morgan fingerprint density at radius 2 is 2.08 bits per heavy atom. The van der Waals surface area contributed by atoms with E-state index in [-0.39, 0.29) is 10.6 Å². The van der Waals surface area contributed by atoms with E-state index in [0.29, 0.717) is 0 Å². The minimum Gasteiger partial charge on any atom is -0.379 e. The van der Waals surface area contributed by atoms with Gasteiger partial charge in [0.05, 0.1) is 11.5 Å². The number of nitrogens with zero attached hydrogens (tertiary/aromatic N) is 3. The van der Waals surface area contributed by atoms with Crippen LogP contribution in [0.15, 0.2) is 29.3 Å². The van der Waals surface area contributed by atoms with Crippen molar-refractivity contribution in [2.45, 2.75) is 32.1 Å². The van der Waals surface area contributed by atoms with Crippen molar-refractivity contribution < 1.29 is 9.66 Å². The van der Waals surface area contributed by atoms with Gasteiger partial charge in [0, 0.05) is 45.9 Å². The highest BCUT2D eigenvalue weighted by molar-refractivity contribution is 5.79. The van der Waals surface area contributed by atoms with Gasteiger partial charge in [0.15, 0.2) is 5.96 Å². The highest BCUT2D eigenvalue weighted by Gasteiger charge is 2.21. The largest absolute Gasteiger partial charge is 0.379 e. The first-order valence-electron chi connectivity index (χ1n) is 9.33. The Kier molecular flexibility index (Phi) is 8.34.